The van der Waals surface area contributed by atoms with Gasteiger partial charge in [0.05, 0.1) is 12.3 Å². The van der Waals surface area contributed by atoms with Crippen LogP contribution < -0.4 is 9.64 Å². The summed E-state index contributed by atoms with van der Waals surface area (Å²) in [5, 5.41) is 0. The lowest BCUT2D eigenvalue weighted by molar-refractivity contribution is 0.336. The summed E-state index contributed by atoms with van der Waals surface area (Å²) in [5.74, 6) is -1.21. The van der Waals surface area contributed by atoms with Crippen LogP contribution in [0.2, 0.25) is 0 Å². The summed E-state index contributed by atoms with van der Waals surface area (Å²) >= 11 is 0. The molecule has 17 heavy (non-hydrogen) atoms. The van der Waals surface area contributed by atoms with E-state index in [0.717, 1.165) is 38.4 Å². The smallest absolute Gasteiger partial charge is 0.182 e. The molecular formula is C13H17F2NO. The van der Waals surface area contributed by atoms with E-state index in [4.69, 9.17) is 4.74 Å². The first-order chi connectivity index (χ1) is 8.22. The molecule has 4 heteroatoms. The average molecular weight is 241 g/mol. The van der Waals surface area contributed by atoms with Crippen molar-refractivity contribution in [3.8, 4) is 5.75 Å². The standard InChI is InChI=1S/C13H17F2NO/c1-2-17-10-8-11(14)13(15)12(9-10)16-6-4-3-5-7-16/h8-9H,2-7H2,1H3. The minimum Gasteiger partial charge on any atom is -0.494 e. The van der Waals surface area contributed by atoms with Crippen molar-refractivity contribution in [1.82, 2.24) is 0 Å². The van der Waals surface area contributed by atoms with Crippen LogP contribution in [0.5, 0.6) is 5.75 Å². The summed E-state index contributed by atoms with van der Waals surface area (Å²) in [4.78, 5) is 1.89. The number of nitrogens with zero attached hydrogens (tertiary/aromatic N) is 1. The van der Waals surface area contributed by atoms with Crippen LogP contribution in [-0.4, -0.2) is 19.7 Å². The molecule has 94 valence electrons. The van der Waals surface area contributed by atoms with Crippen LogP contribution in [0.3, 0.4) is 0 Å². The molecule has 2 rings (SSSR count). The summed E-state index contributed by atoms with van der Waals surface area (Å²) in [6, 6.07) is 2.69. The Bertz CT molecular complexity index is 389. The summed E-state index contributed by atoms with van der Waals surface area (Å²) in [6.45, 7) is 3.84. The Balaban J connectivity index is 2.29. The second kappa shape index (κ2) is 5.34. The van der Waals surface area contributed by atoms with Crippen LogP contribution in [0, 0.1) is 11.6 Å². The van der Waals surface area contributed by atoms with Crippen molar-refractivity contribution in [2.24, 2.45) is 0 Å². The van der Waals surface area contributed by atoms with Gasteiger partial charge in [-0.2, -0.15) is 0 Å². The SMILES string of the molecule is CCOc1cc(F)c(F)c(N2CCCCC2)c1. The molecule has 1 aromatic carbocycles. The maximum absolute atomic E-state index is 13.7. The van der Waals surface area contributed by atoms with Crippen LogP contribution >= 0.6 is 0 Å². The van der Waals surface area contributed by atoms with Crippen molar-refractivity contribution in [1.29, 1.82) is 0 Å². The first-order valence-electron chi connectivity index (χ1n) is 6.09. The molecule has 0 bridgehead atoms. The molecular weight excluding hydrogens is 224 g/mol. The molecule has 0 aromatic heterocycles. The van der Waals surface area contributed by atoms with Crippen molar-refractivity contribution in [3.05, 3.63) is 23.8 Å². The van der Waals surface area contributed by atoms with E-state index in [2.05, 4.69) is 0 Å². The third kappa shape index (κ3) is 2.68. The van der Waals surface area contributed by atoms with Gasteiger partial charge in [-0.15, -0.1) is 0 Å². The monoisotopic (exact) mass is 241 g/mol. The minimum atomic E-state index is -0.837. The molecule has 2 nitrogen and oxygen atoms in total. The molecule has 0 amide bonds. The molecule has 0 radical (unpaired) electrons. The fraction of sp³-hybridized carbons (Fsp3) is 0.538. The molecule has 0 saturated carbocycles. The Hall–Kier alpha value is -1.32. The lowest BCUT2D eigenvalue weighted by Crippen LogP contribution is -2.30. The van der Waals surface area contributed by atoms with E-state index in [1.807, 2.05) is 11.8 Å². The number of halogens is 2. The molecule has 0 atom stereocenters. The Morgan fingerprint density at radius 1 is 1.18 bits per heavy atom. The van der Waals surface area contributed by atoms with Gasteiger partial charge in [0.15, 0.2) is 11.6 Å². The van der Waals surface area contributed by atoms with Crippen LogP contribution in [0.25, 0.3) is 0 Å². The predicted octanol–water partition coefficient (Wildman–Crippen LogP) is 3.35. The lowest BCUT2D eigenvalue weighted by Gasteiger charge is -2.29. The number of ether oxygens (including phenoxy) is 1. The number of anilines is 1. The van der Waals surface area contributed by atoms with Crippen LogP contribution in [0.1, 0.15) is 26.2 Å². The van der Waals surface area contributed by atoms with E-state index in [1.54, 1.807) is 6.07 Å². The third-order valence-electron chi connectivity index (χ3n) is 2.99. The first kappa shape index (κ1) is 12.1. The fourth-order valence-corrected chi connectivity index (χ4v) is 2.17. The van der Waals surface area contributed by atoms with Gasteiger partial charge < -0.3 is 9.64 Å². The average Bonchev–Trinajstić information content (AvgIpc) is 2.35. The normalized spacial score (nSPS) is 16.1. The quantitative estimate of drug-likeness (QED) is 0.804. The molecule has 0 unspecified atom stereocenters. The minimum absolute atomic E-state index is 0.327. The molecule has 0 aliphatic carbocycles. The van der Waals surface area contributed by atoms with Gasteiger partial charge >= 0.3 is 0 Å². The van der Waals surface area contributed by atoms with Gasteiger partial charge in [0, 0.05) is 25.2 Å². The third-order valence-corrected chi connectivity index (χ3v) is 2.99. The molecule has 1 aromatic rings. The zero-order valence-corrected chi connectivity index (χ0v) is 10.0. The van der Waals surface area contributed by atoms with E-state index in [-0.39, 0.29) is 0 Å². The first-order valence-corrected chi connectivity index (χ1v) is 6.09. The van der Waals surface area contributed by atoms with Gasteiger partial charge in [0.1, 0.15) is 5.75 Å². The summed E-state index contributed by atoms with van der Waals surface area (Å²) < 4.78 is 32.4. The number of hydrogen-bond acceptors (Lipinski definition) is 2. The van der Waals surface area contributed by atoms with Crippen LogP contribution in [0.15, 0.2) is 12.1 Å². The number of piperidine rings is 1. The molecule has 1 saturated heterocycles. The molecule has 1 fully saturated rings. The predicted molar refractivity (Wildman–Crippen MR) is 63.6 cm³/mol. The summed E-state index contributed by atoms with van der Waals surface area (Å²) in [7, 11) is 0. The highest BCUT2D eigenvalue weighted by molar-refractivity contribution is 5.52. The van der Waals surface area contributed by atoms with Gasteiger partial charge in [-0.3, -0.25) is 0 Å². The zero-order valence-electron chi connectivity index (χ0n) is 10.0. The number of hydrogen-bond donors (Lipinski definition) is 0. The molecule has 1 aliphatic heterocycles. The second-order valence-corrected chi connectivity index (χ2v) is 4.22. The van der Waals surface area contributed by atoms with Gasteiger partial charge in [-0.25, -0.2) is 8.78 Å². The zero-order chi connectivity index (χ0) is 12.3. The Morgan fingerprint density at radius 2 is 1.88 bits per heavy atom. The number of rotatable bonds is 3. The van der Waals surface area contributed by atoms with Gasteiger partial charge in [-0.05, 0) is 26.2 Å². The van der Waals surface area contributed by atoms with Gasteiger partial charge in [-0.1, -0.05) is 0 Å². The highest BCUT2D eigenvalue weighted by Crippen LogP contribution is 2.29. The Kier molecular flexibility index (Phi) is 3.82. The second-order valence-electron chi connectivity index (χ2n) is 4.22. The van der Waals surface area contributed by atoms with Crippen molar-refractivity contribution in [3.63, 3.8) is 0 Å². The van der Waals surface area contributed by atoms with E-state index < -0.39 is 11.6 Å². The fourth-order valence-electron chi connectivity index (χ4n) is 2.17. The molecule has 0 N–H and O–H groups in total. The van der Waals surface area contributed by atoms with Crippen molar-refractivity contribution in [2.75, 3.05) is 24.6 Å². The maximum Gasteiger partial charge on any atom is 0.182 e. The topological polar surface area (TPSA) is 12.5 Å². The maximum atomic E-state index is 13.7. The Morgan fingerprint density at radius 3 is 2.53 bits per heavy atom. The number of benzene rings is 1. The van der Waals surface area contributed by atoms with E-state index in [1.165, 1.54) is 0 Å². The highest BCUT2D eigenvalue weighted by atomic mass is 19.2. The van der Waals surface area contributed by atoms with E-state index >= 15 is 0 Å². The van der Waals surface area contributed by atoms with E-state index in [9.17, 15) is 8.78 Å². The molecule has 1 aliphatic rings. The van der Waals surface area contributed by atoms with Gasteiger partial charge in [0.2, 0.25) is 0 Å². The largest absolute Gasteiger partial charge is 0.494 e. The summed E-state index contributed by atoms with van der Waals surface area (Å²) in [6.07, 6.45) is 3.21. The van der Waals surface area contributed by atoms with Crippen molar-refractivity contribution < 1.29 is 13.5 Å². The summed E-state index contributed by atoms with van der Waals surface area (Å²) in [5.41, 5.74) is 0.327. The van der Waals surface area contributed by atoms with E-state index in [0.29, 0.717) is 18.0 Å². The Labute approximate surface area is 100 Å². The molecule has 1 heterocycles. The van der Waals surface area contributed by atoms with Crippen LogP contribution in [-0.2, 0) is 0 Å². The lowest BCUT2D eigenvalue weighted by atomic mass is 10.1. The van der Waals surface area contributed by atoms with Crippen molar-refractivity contribution in [2.45, 2.75) is 26.2 Å². The molecule has 0 spiro atoms. The van der Waals surface area contributed by atoms with Gasteiger partial charge in [0.25, 0.3) is 0 Å². The highest BCUT2D eigenvalue weighted by Gasteiger charge is 2.19. The van der Waals surface area contributed by atoms with Crippen molar-refractivity contribution >= 4 is 5.69 Å². The van der Waals surface area contributed by atoms with Crippen LogP contribution in [0.4, 0.5) is 14.5 Å².